The highest BCUT2D eigenvalue weighted by Gasteiger charge is 2.36. The van der Waals surface area contributed by atoms with E-state index in [0.29, 0.717) is 54.2 Å². The summed E-state index contributed by atoms with van der Waals surface area (Å²) in [6.07, 6.45) is 0.939. The summed E-state index contributed by atoms with van der Waals surface area (Å²) in [5, 5.41) is 3.37. The van der Waals surface area contributed by atoms with Crippen LogP contribution in [0.25, 0.3) is 10.9 Å². The number of carbonyl (C=O) groups excluding carboxylic acids is 1. The zero-order chi connectivity index (χ0) is 30.1. The largest absolute Gasteiger partial charge is 0.493 e. The van der Waals surface area contributed by atoms with Crippen molar-refractivity contribution in [2.24, 2.45) is 0 Å². The smallest absolute Gasteiger partial charge is 0.273 e. The van der Waals surface area contributed by atoms with Crippen molar-refractivity contribution >= 4 is 61.6 Å². The van der Waals surface area contributed by atoms with E-state index in [1.807, 2.05) is 0 Å². The van der Waals surface area contributed by atoms with Gasteiger partial charge in [0, 0.05) is 37.4 Å². The van der Waals surface area contributed by atoms with E-state index in [2.05, 4.69) is 15.3 Å². The third-order valence-electron chi connectivity index (χ3n) is 6.63. The molecule has 1 saturated heterocycles. The minimum Gasteiger partial charge on any atom is -0.493 e. The second-order valence-electron chi connectivity index (χ2n) is 10.5. The number of amides is 1. The Balaban J connectivity index is 1.49. The molecule has 1 N–H and O–H groups in total. The Morgan fingerprint density at radius 1 is 1.15 bits per heavy atom. The van der Waals surface area contributed by atoms with Gasteiger partial charge in [0.1, 0.15) is 18.2 Å². The number of carbonyl (C=O) groups is 1. The van der Waals surface area contributed by atoms with Crippen molar-refractivity contribution in [3.8, 4) is 11.5 Å². The number of hydrogen-bond acceptors (Lipinski definition) is 9. The molecule has 1 aromatic heterocycles. The molecule has 1 atom stereocenters. The normalized spacial score (nSPS) is 15.6. The SMILES string of the molecule is COc1cc2ncnc(Nc3ccc(Cl)c(Cl)c3F)c2cc1OC1CCN(C(=O)[C@@H](C)OS(=O)(=O)C(C)(C)C)CC1. The van der Waals surface area contributed by atoms with E-state index in [4.69, 9.17) is 36.9 Å². The van der Waals surface area contributed by atoms with Gasteiger partial charge < -0.3 is 19.7 Å². The summed E-state index contributed by atoms with van der Waals surface area (Å²) < 4.78 is 55.2. The van der Waals surface area contributed by atoms with Crippen molar-refractivity contribution in [1.82, 2.24) is 14.9 Å². The molecule has 1 amide bonds. The summed E-state index contributed by atoms with van der Waals surface area (Å²) in [6.45, 7) is 6.69. The van der Waals surface area contributed by atoms with Crippen LogP contribution in [0.3, 0.4) is 0 Å². The standard InChI is InChI=1S/C27H31Cl2FN4O6S/c1-15(40-41(36,37)27(2,3)4)26(35)34-10-8-16(9-11-34)39-22-12-17-20(13-21(22)38-5)31-14-32-25(17)33-19-7-6-18(28)23(29)24(19)30/h6-7,12-16H,8-11H2,1-5H3,(H,31,32,33)/t15-/m1/s1. The van der Waals surface area contributed by atoms with Crippen LogP contribution in [-0.2, 0) is 19.1 Å². The first-order valence-electron chi connectivity index (χ1n) is 12.8. The zero-order valence-electron chi connectivity index (χ0n) is 23.2. The first kappa shape index (κ1) is 31.0. The summed E-state index contributed by atoms with van der Waals surface area (Å²) >= 11 is 11.9. The molecule has 1 aliphatic heterocycles. The number of aromatic nitrogens is 2. The monoisotopic (exact) mass is 628 g/mol. The van der Waals surface area contributed by atoms with E-state index in [1.165, 1.54) is 53.3 Å². The molecular formula is C27H31Cl2FN4O6S. The summed E-state index contributed by atoms with van der Waals surface area (Å²) in [5.74, 6) is 0.0651. The van der Waals surface area contributed by atoms with Gasteiger partial charge in [0.2, 0.25) is 0 Å². The first-order chi connectivity index (χ1) is 19.2. The number of hydrogen-bond donors (Lipinski definition) is 1. The predicted molar refractivity (Wildman–Crippen MR) is 155 cm³/mol. The minimum absolute atomic E-state index is 0.0863. The number of halogens is 3. The number of methoxy groups -OCH3 is 1. The fraction of sp³-hybridized carbons (Fsp3) is 0.444. The Morgan fingerprint density at radius 2 is 1.83 bits per heavy atom. The van der Waals surface area contributed by atoms with Crippen molar-refractivity contribution in [1.29, 1.82) is 0 Å². The van der Waals surface area contributed by atoms with Crippen LogP contribution in [0.1, 0.15) is 40.5 Å². The van der Waals surface area contributed by atoms with Crippen LogP contribution < -0.4 is 14.8 Å². The Kier molecular flexibility index (Phi) is 9.17. The third-order valence-corrected chi connectivity index (χ3v) is 9.45. The lowest BCUT2D eigenvalue weighted by Crippen LogP contribution is -2.47. The van der Waals surface area contributed by atoms with Gasteiger partial charge >= 0.3 is 0 Å². The number of fused-ring (bicyclic) bond motifs is 1. The van der Waals surface area contributed by atoms with Crippen LogP contribution in [0, 0.1) is 5.82 Å². The Hall–Kier alpha value is -2.93. The lowest BCUT2D eigenvalue weighted by Gasteiger charge is -2.34. The van der Waals surface area contributed by atoms with Crippen molar-refractivity contribution in [2.75, 3.05) is 25.5 Å². The van der Waals surface area contributed by atoms with Crippen molar-refractivity contribution in [3.05, 3.63) is 46.5 Å². The molecular weight excluding hydrogens is 598 g/mol. The Bertz CT molecular complexity index is 1560. The van der Waals surface area contributed by atoms with Gasteiger partial charge in [0.05, 0.1) is 33.1 Å². The van der Waals surface area contributed by atoms with E-state index in [-0.39, 0.29) is 21.8 Å². The maximum atomic E-state index is 14.7. The number of anilines is 2. The highest BCUT2D eigenvalue weighted by atomic mass is 35.5. The second-order valence-corrected chi connectivity index (χ2v) is 13.6. The average molecular weight is 630 g/mol. The first-order valence-corrected chi connectivity index (χ1v) is 15.0. The summed E-state index contributed by atoms with van der Waals surface area (Å²) in [4.78, 5) is 23.0. The molecule has 3 aromatic rings. The van der Waals surface area contributed by atoms with Gasteiger partial charge in [-0.1, -0.05) is 23.2 Å². The number of nitrogens with one attached hydrogen (secondary N) is 1. The fourth-order valence-corrected chi connectivity index (χ4v) is 5.23. The minimum atomic E-state index is -3.92. The number of nitrogens with zero attached hydrogens (tertiary/aromatic N) is 3. The molecule has 10 nitrogen and oxygen atoms in total. The molecule has 0 unspecified atom stereocenters. The van der Waals surface area contributed by atoms with Gasteiger partial charge in [-0.15, -0.1) is 0 Å². The van der Waals surface area contributed by atoms with Crippen molar-refractivity contribution in [2.45, 2.75) is 57.5 Å². The molecule has 0 bridgehead atoms. The van der Waals surface area contributed by atoms with Crippen LogP contribution in [-0.4, -0.2) is 66.3 Å². The van der Waals surface area contributed by atoms with Gasteiger partial charge in [0.15, 0.2) is 23.4 Å². The van der Waals surface area contributed by atoms with Crippen LogP contribution in [0.5, 0.6) is 11.5 Å². The lowest BCUT2D eigenvalue weighted by molar-refractivity contribution is -0.139. The number of rotatable bonds is 8. The molecule has 0 aliphatic carbocycles. The van der Waals surface area contributed by atoms with Gasteiger partial charge in [-0.3, -0.25) is 8.98 Å². The molecule has 222 valence electrons. The molecule has 0 radical (unpaired) electrons. The molecule has 2 heterocycles. The van der Waals surface area contributed by atoms with Gasteiger partial charge in [0.25, 0.3) is 16.0 Å². The third kappa shape index (κ3) is 6.77. The van der Waals surface area contributed by atoms with Crippen molar-refractivity contribution < 1.29 is 31.3 Å². The van der Waals surface area contributed by atoms with E-state index in [0.717, 1.165) is 0 Å². The van der Waals surface area contributed by atoms with E-state index in [9.17, 15) is 17.6 Å². The molecule has 41 heavy (non-hydrogen) atoms. The molecule has 4 rings (SSSR count). The molecule has 1 fully saturated rings. The van der Waals surface area contributed by atoms with Crippen LogP contribution in [0.15, 0.2) is 30.6 Å². The average Bonchev–Trinajstić information content (AvgIpc) is 2.92. The van der Waals surface area contributed by atoms with Crippen LogP contribution in [0.2, 0.25) is 10.0 Å². The lowest BCUT2D eigenvalue weighted by atomic mass is 10.1. The quantitative estimate of drug-likeness (QED) is 0.246. The maximum Gasteiger partial charge on any atom is 0.273 e. The summed E-state index contributed by atoms with van der Waals surface area (Å²) in [6, 6.07) is 6.33. The summed E-state index contributed by atoms with van der Waals surface area (Å²) in [5.41, 5.74) is 0.620. The Labute approximate surface area is 248 Å². The molecule has 2 aromatic carbocycles. The van der Waals surface area contributed by atoms with Crippen molar-refractivity contribution in [3.63, 3.8) is 0 Å². The second kappa shape index (κ2) is 12.1. The number of benzene rings is 2. The summed E-state index contributed by atoms with van der Waals surface area (Å²) in [7, 11) is -2.41. The zero-order valence-corrected chi connectivity index (χ0v) is 25.5. The molecule has 1 aliphatic rings. The molecule has 0 saturated carbocycles. The number of piperidine rings is 1. The van der Waals surface area contributed by atoms with Gasteiger partial charge in [-0.05, 0) is 45.9 Å². The van der Waals surface area contributed by atoms with E-state index < -0.39 is 32.7 Å². The van der Waals surface area contributed by atoms with E-state index in [1.54, 1.807) is 17.0 Å². The van der Waals surface area contributed by atoms with Crippen LogP contribution >= 0.6 is 23.2 Å². The number of ether oxygens (including phenoxy) is 2. The maximum absolute atomic E-state index is 14.7. The Morgan fingerprint density at radius 3 is 2.46 bits per heavy atom. The topological polar surface area (TPSA) is 120 Å². The molecule has 14 heteroatoms. The highest BCUT2D eigenvalue weighted by molar-refractivity contribution is 7.88. The van der Waals surface area contributed by atoms with Crippen LogP contribution in [0.4, 0.5) is 15.9 Å². The fourth-order valence-electron chi connectivity index (χ4n) is 4.17. The van der Waals surface area contributed by atoms with Gasteiger partial charge in [-0.25, -0.2) is 14.4 Å². The highest BCUT2D eigenvalue weighted by Crippen LogP contribution is 2.37. The van der Waals surface area contributed by atoms with E-state index >= 15 is 0 Å². The molecule has 0 spiro atoms. The number of likely N-dealkylation sites (tertiary alicyclic amines) is 1. The predicted octanol–water partition coefficient (Wildman–Crippen LogP) is 5.73. The van der Waals surface area contributed by atoms with Gasteiger partial charge in [-0.2, -0.15) is 8.42 Å².